The summed E-state index contributed by atoms with van der Waals surface area (Å²) in [5, 5.41) is 12.0. The Morgan fingerprint density at radius 1 is 0.886 bits per heavy atom. The van der Waals surface area contributed by atoms with E-state index in [-0.39, 0.29) is 5.91 Å². The summed E-state index contributed by atoms with van der Waals surface area (Å²) in [6.07, 6.45) is 4.15. The van der Waals surface area contributed by atoms with E-state index in [0.29, 0.717) is 33.4 Å². The number of fused-ring (bicyclic) bond motifs is 1. The van der Waals surface area contributed by atoms with Gasteiger partial charge in [-0.25, -0.2) is 4.98 Å². The first-order valence-corrected chi connectivity index (χ1v) is 13.0. The number of halogens is 2. The molecule has 0 aliphatic carbocycles. The predicted molar refractivity (Wildman–Crippen MR) is 148 cm³/mol. The van der Waals surface area contributed by atoms with Crippen molar-refractivity contribution >= 4 is 40.0 Å². The van der Waals surface area contributed by atoms with Gasteiger partial charge < -0.3 is 21.7 Å². The zero-order valence-corrected chi connectivity index (χ0v) is 21.8. The monoisotopic (exact) mass is 515 g/mol. The number of nitrogens with two attached hydrogens (primary N) is 1. The minimum Gasteiger partial charge on any atom is -0.352 e. The molecule has 6 nitrogen and oxygen atoms in total. The number of benzene rings is 2. The van der Waals surface area contributed by atoms with Crippen LogP contribution in [0.1, 0.15) is 41.6 Å². The maximum atomic E-state index is 13.1. The summed E-state index contributed by atoms with van der Waals surface area (Å²) in [6.45, 7) is 7.12. The van der Waals surface area contributed by atoms with Crippen LogP contribution >= 0.6 is 23.2 Å². The molecule has 188 valence electrons. The molecule has 1 aromatic heterocycles. The van der Waals surface area contributed by atoms with Crippen LogP contribution in [-0.2, 0) is 0 Å². The quantitative estimate of drug-likeness (QED) is 0.228. The molecule has 5 N–H and O–H groups in total. The fourth-order valence-electron chi connectivity index (χ4n) is 3.80. The Labute approximate surface area is 218 Å². The average Bonchev–Trinajstić information content (AvgIpc) is 2.85. The number of hydrogen-bond donors (Lipinski definition) is 4. The van der Waals surface area contributed by atoms with E-state index in [4.69, 9.17) is 33.9 Å². The molecule has 0 fully saturated rings. The van der Waals surface area contributed by atoms with E-state index in [2.05, 4.69) is 16.0 Å². The van der Waals surface area contributed by atoms with E-state index in [0.717, 1.165) is 74.9 Å². The van der Waals surface area contributed by atoms with Crippen LogP contribution in [0.25, 0.3) is 22.2 Å². The highest BCUT2D eigenvalue weighted by Crippen LogP contribution is 2.29. The number of nitrogens with zero attached hydrogens (tertiary/aromatic N) is 1. The number of carbonyl (C=O) groups excluding carboxylic acids is 1. The maximum absolute atomic E-state index is 13.1. The van der Waals surface area contributed by atoms with Crippen molar-refractivity contribution in [2.45, 2.75) is 32.6 Å². The molecule has 1 amide bonds. The number of hydrogen-bond acceptors (Lipinski definition) is 5. The third-order valence-corrected chi connectivity index (χ3v) is 6.46. The molecular weight excluding hydrogens is 481 g/mol. The van der Waals surface area contributed by atoms with Crippen molar-refractivity contribution in [1.82, 2.24) is 20.9 Å². The molecule has 0 aliphatic rings. The minimum atomic E-state index is -0.113. The first kappa shape index (κ1) is 27.4. The second kappa shape index (κ2) is 14.4. The smallest absolute Gasteiger partial charge is 0.252 e. The third-order valence-electron chi connectivity index (χ3n) is 5.80. The summed E-state index contributed by atoms with van der Waals surface area (Å²) < 4.78 is 0. The molecule has 3 aromatic rings. The predicted octanol–water partition coefficient (Wildman–Crippen LogP) is 4.95. The molecule has 1 heterocycles. The summed E-state index contributed by atoms with van der Waals surface area (Å²) >= 11 is 12.4. The Kier molecular flexibility index (Phi) is 11.2. The van der Waals surface area contributed by atoms with Crippen LogP contribution in [0.5, 0.6) is 0 Å². The number of nitrogens with one attached hydrogen (secondary N) is 3. The van der Waals surface area contributed by atoms with Crippen molar-refractivity contribution in [3.63, 3.8) is 0 Å². The Morgan fingerprint density at radius 2 is 1.54 bits per heavy atom. The second-order valence-corrected chi connectivity index (χ2v) is 9.48. The molecule has 35 heavy (non-hydrogen) atoms. The van der Waals surface area contributed by atoms with Crippen LogP contribution < -0.4 is 21.7 Å². The molecule has 0 saturated carbocycles. The van der Waals surface area contributed by atoms with Gasteiger partial charge in [0.1, 0.15) is 0 Å². The average molecular weight is 517 g/mol. The molecule has 0 spiro atoms. The molecule has 3 rings (SSSR count). The van der Waals surface area contributed by atoms with Crippen molar-refractivity contribution < 1.29 is 4.79 Å². The number of aryl methyl sites for hydroxylation is 1. The number of rotatable bonds is 14. The van der Waals surface area contributed by atoms with E-state index in [9.17, 15) is 4.79 Å². The van der Waals surface area contributed by atoms with Gasteiger partial charge >= 0.3 is 0 Å². The van der Waals surface area contributed by atoms with E-state index in [1.165, 1.54) is 0 Å². The molecule has 8 heteroatoms. The summed E-state index contributed by atoms with van der Waals surface area (Å²) in [5.74, 6) is -0.113. The Hall–Kier alpha value is -2.22. The molecule has 0 bridgehead atoms. The summed E-state index contributed by atoms with van der Waals surface area (Å²) in [7, 11) is 0. The van der Waals surface area contributed by atoms with Gasteiger partial charge in [-0.05, 0) is 101 Å². The second-order valence-electron chi connectivity index (χ2n) is 8.64. The van der Waals surface area contributed by atoms with Gasteiger partial charge in [-0.2, -0.15) is 0 Å². The molecule has 0 saturated heterocycles. The van der Waals surface area contributed by atoms with Crippen LogP contribution in [0, 0.1) is 6.92 Å². The SMILES string of the molecule is Cc1cc2c(C(=O)NCCCNCCCCNCCCN)cc(-c3ccc(Cl)cc3)nc2cc1Cl. The van der Waals surface area contributed by atoms with Gasteiger partial charge in [0, 0.05) is 27.5 Å². The van der Waals surface area contributed by atoms with Gasteiger partial charge in [-0.15, -0.1) is 0 Å². The van der Waals surface area contributed by atoms with Crippen LogP contribution in [-0.4, -0.2) is 50.2 Å². The molecule has 0 aliphatic heterocycles. The molecular formula is C27H35Cl2N5O. The van der Waals surface area contributed by atoms with Crippen LogP contribution in [0.3, 0.4) is 0 Å². The van der Waals surface area contributed by atoms with Crippen molar-refractivity contribution in [3.8, 4) is 11.3 Å². The molecule has 2 aromatic carbocycles. The first-order valence-electron chi connectivity index (χ1n) is 12.3. The fourth-order valence-corrected chi connectivity index (χ4v) is 4.08. The Morgan fingerprint density at radius 3 is 2.23 bits per heavy atom. The van der Waals surface area contributed by atoms with Crippen molar-refractivity contribution in [1.29, 1.82) is 0 Å². The van der Waals surface area contributed by atoms with Gasteiger partial charge in [0.2, 0.25) is 0 Å². The molecule has 0 radical (unpaired) electrons. The topological polar surface area (TPSA) is 92.1 Å². The lowest BCUT2D eigenvalue weighted by molar-refractivity contribution is 0.0955. The van der Waals surface area contributed by atoms with Crippen LogP contribution in [0.2, 0.25) is 10.0 Å². The standard InChI is InChI=1S/C27H35Cl2N5O/c1-19-16-22-23(27(35)33-15-5-14-32-12-3-2-11-31-13-4-10-30)17-25(34-26(22)18-24(19)29)20-6-8-21(28)9-7-20/h6-9,16-18,31-32H,2-5,10-15,30H2,1H3,(H,33,35). The van der Waals surface area contributed by atoms with E-state index in [1.807, 2.05) is 49.4 Å². The Balaban J connectivity index is 1.55. The lowest BCUT2D eigenvalue weighted by Crippen LogP contribution is -2.28. The maximum Gasteiger partial charge on any atom is 0.252 e. The van der Waals surface area contributed by atoms with E-state index in [1.54, 1.807) is 0 Å². The number of amides is 1. The van der Waals surface area contributed by atoms with Crippen molar-refractivity contribution in [2.75, 3.05) is 39.3 Å². The zero-order chi connectivity index (χ0) is 25.0. The normalized spacial score (nSPS) is 11.2. The number of aromatic nitrogens is 1. The van der Waals surface area contributed by atoms with E-state index >= 15 is 0 Å². The largest absolute Gasteiger partial charge is 0.352 e. The number of unbranched alkanes of at least 4 members (excludes halogenated alkanes) is 1. The van der Waals surface area contributed by atoms with Crippen molar-refractivity contribution in [3.05, 3.63) is 63.6 Å². The summed E-state index contributed by atoms with van der Waals surface area (Å²) in [4.78, 5) is 17.9. The minimum absolute atomic E-state index is 0.113. The highest BCUT2D eigenvalue weighted by atomic mass is 35.5. The van der Waals surface area contributed by atoms with Crippen molar-refractivity contribution in [2.24, 2.45) is 5.73 Å². The zero-order valence-electron chi connectivity index (χ0n) is 20.3. The van der Waals surface area contributed by atoms with Crippen LogP contribution in [0.15, 0.2) is 42.5 Å². The van der Waals surface area contributed by atoms with Gasteiger partial charge in [0.25, 0.3) is 5.91 Å². The first-order chi connectivity index (χ1) is 17.0. The highest BCUT2D eigenvalue weighted by molar-refractivity contribution is 6.32. The third kappa shape index (κ3) is 8.44. The summed E-state index contributed by atoms with van der Waals surface area (Å²) in [6, 6.07) is 13.0. The van der Waals surface area contributed by atoms with Gasteiger partial charge in [0.05, 0.1) is 16.8 Å². The van der Waals surface area contributed by atoms with Crippen LogP contribution in [0.4, 0.5) is 0 Å². The summed E-state index contributed by atoms with van der Waals surface area (Å²) in [5.41, 5.74) is 9.27. The molecule has 0 atom stereocenters. The van der Waals surface area contributed by atoms with Gasteiger partial charge in [-0.1, -0.05) is 35.3 Å². The molecule has 0 unspecified atom stereocenters. The van der Waals surface area contributed by atoms with E-state index < -0.39 is 0 Å². The lowest BCUT2D eigenvalue weighted by Gasteiger charge is -2.12. The highest BCUT2D eigenvalue weighted by Gasteiger charge is 2.15. The Bertz CT molecular complexity index is 1100. The fraction of sp³-hybridized carbons (Fsp3) is 0.407. The van der Waals surface area contributed by atoms with Gasteiger partial charge in [-0.3, -0.25) is 4.79 Å². The van der Waals surface area contributed by atoms with Gasteiger partial charge in [0.15, 0.2) is 0 Å². The lowest BCUT2D eigenvalue weighted by atomic mass is 10.0. The number of pyridine rings is 1. The number of carbonyl (C=O) groups is 1.